The van der Waals surface area contributed by atoms with Crippen LogP contribution in [-0.4, -0.2) is 50.4 Å². The highest BCUT2D eigenvalue weighted by Gasteiger charge is 2.19. The number of amides is 2. The van der Waals surface area contributed by atoms with Crippen LogP contribution in [0.3, 0.4) is 0 Å². The molecule has 1 aliphatic heterocycles. The van der Waals surface area contributed by atoms with E-state index in [4.69, 9.17) is 0 Å². The Hall–Kier alpha value is -2.92. The van der Waals surface area contributed by atoms with Crippen molar-refractivity contribution in [2.24, 2.45) is 0 Å². The van der Waals surface area contributed by atoms with Gasteiger partial charge in [-0.1, -0.05) is 30.3 Å². The van der Waals surface area contributed by atoms with Crippen molar-refractivity contribution in [1.29, 1.82) is 0 Å². The van der Waals surface area contributed by atoms with E-state index < -0.39 is 0 Å². The summed E-state index contributed by atoms with van der Waals surface area (Å²) in [4.78, 5) is 27.0. The van der Waals surface area contributed by atoms with E-state index >= 15 is 0 Å². The molecule has 2 amide bonds. The zero-order valence-corrected chi connectivity index (χ0v) is 15.9. The third-order valence-corrected chi connectivity index (χ3v) is 4.76. The summed E-state index contributed by atoms with van der Waals surface area (Å²) < 4.78 is 0. The summed E-state index contributed by atoms with van der Waals surface area (Å²) in [5.41, 5.74) is 3.96. The molecule has 140 valence electrons. The molecule has 5 heteroatoms. The first-order chi connectivity index (χ1) is 13.0. The first-order valence-electron chi connectivity index (χ1n) is 9.22. The van der Waals surface area contributed by atoms with Gasteiger partial charge < -0.3 is 15.1 Å². The van der Waals surface area contributed by atoms with Gasteiger partial charge in [-0.05, 0) is 41.5 Å². The van der Waals surface area contributed by atoms with Gasteiger partial charge in [0.1, 0.15) is 0 Å². The van der Waals surface area contributed by atoms with Gasteiger partial charge in [-0.15, -0.1) is 0 Å². The summed E-state index contributed by atoms with van der Waals surface area (Å²) in [7, 11) is 3.44. The molecule has 1 aliphatic rings. The molecule has 2 aromatic carbocycles. The highest BCUT2D eigenvalue weighted by atomic mass is 16.2. The second-order valence-corrected chi connectivity index (χ2v) is 7.05. The quantitative estimate of drug-likeness (QED) is 0.849. The Balaban J connectivity index is 1.51. The summed E-state index contributed by atoms with van der Waals surface area (Å²) in [5, 5.41) is 2.92. The van der Waals surface area contributed by atoms with Crippen LogP contribution >= 0.6 is 0 Å². The van der Waals surface area contributed by atoms with Crippen molar-refractivity contribution >= 4 is 23.1 Å². The minimum atomic E-state index is -0.0494. The molecule has 1 unspecified atom stereocenters. The highest BCUT2D eigenvalue weighted by Crippen LogP contribution is 2.17. The maximum atomic E-state index is 12.3. The van der Waals surface area contributed by atoms with Crippen LogP contribution in [0.5, 0.6) is 0 Å². The van der Waals surface area contributed by atoms with Gasteiger partial charge in [0.05, 0.1) is 13.1 Å². The molecule has 1 heterocycles. The zero-order chi connectivity index (χ0) is 19.2. The first-order valence-corrected chi connectivity index (χ1v) is 9.22. The van der Waals surface area contributed by atoms with E-state index in [1.807, 2.05) is 6.07 Å². The fourth-order valence-electron chi connectivity index (χ4n) is 3.24. The van der Waals surface area contributed by atoms with Crippen molar-refractivity contribution in [2.75, 3.05) is 39.0 Å². The number of hydrogen-bond donors (Lipinski definition) is 2. The summed E-state index contributed by atoms with van der Waals surface area (Å²) in [6.45, 7) is 2.25. The lowest BCUT2D eigenvalue weighted by molar-refractivity contribution is -0.886. The molecule has 5 nitrogen and oxygen atoms in total. The van der Waals surface area contributed by atoms with Crippen molar-refractivity contribution in [3.63, 3.8) is 0 Å². The molecule has 0 aliphatic carbocycles. The van der Waals surface area contributed by atoms with E-state index in [0.717, 1.165) is 19.5 Å². The summed E-state index contributed by atoms with van der Waals surface area (Å²) in [6.07, 6.45) is 3.22. The molecule has 1 atom stereocenters. The zero-order valence-electron chi connectivity index (χ0n) is 15.9. The second-order valence-electron chi connectivity index (χ2n) is 7.05. The first kappa shape index (κ1) is 18.9. The van der Waals surface area contributed by atoms with Crippen molar-refractivity contribution in [1.82, 2.24) is 4.90 Å². The molecule has 0 saturated heterocycles. The van der Waals surface area contributed by atoms with E-state index in [9.17, 15) is 9.59 Å². The number of nitrogens with zero attached hydrogens (tertiary/aromatic N) is 1. The minimum Gasteiger partial charge on any atom is -0.345 e. The van der Waals surface area contributed by atoms with Crippen molar-refractivity contribution in [3.05, 3.63) is 71.8 Å². The predicted molar refractivity (Wildman–Crippen MR) is 108 cm³/mol. The van der Waals surface area contributed by atoms with Crippen LogP contribution in [0.4, 0.5) is 5.69 Å². The summed E-state index contributed by atoms with van der Waals surface area (Å²) in [5.74, 6) is -0.0557. The Morgan fingerprint density at radius 1 is 1.04 bits per heavy atom. The molecule has 3 rings (SSSR count). The number of carbonyl (C=O) groups excluding carboxylic acids is 2. The topological polar surface area (TPSA) is 53.9 Å². The van der Waals surface area contributed by atoms with Crippen LogP contribution in [-0.2, 0) is 4.79 Å². The van der Waals surface area contributed by atoms with Crippen LogP contribution < -0.4 is 10.2 Å². The number of anilines is 1. The van der Waals surface area contributed by atoms with E-state index in [0.29, 0.717) is 17.8 Å². The van der Waals surface area contributed by atoms with Gasteiger partial charge >= 0.3 is 0 Å². The lowest BCUT2D eigenvalue weighted by Crippen LogP contribution is -3.13. The fourth-order valence-corrected chi connectivity index (χ4v) is 3.24. The molecule has 0 saturated carbocycles. The van der Waals surface area contributed by atoms with Gasteiger partial charge in [0, 0.05) is 31.8 Å². The number of rotatable bonds is 5. The lowest BCUT2D eigenvalue weighted by atomic mass is 10.00. The number of quaternary nitrogens is 1. The van der Waals surface area contributed by atoms with Crippen LogP contribution in [0.1, 0.15) is 22.3 Å². The molecule has 0 aromatic heterocycles. The maximum absolute atomic E-state index is 12.3. The molecule has 2 aromatic rings. The van der Waals surface area contributed by atoms with Crippen LogP contribution in [0.15, 0.2) is 60.7 Å². The van der Waals surface area contributed by atoms with Crippen molar-refractivity contribution < 1.29 is 14.5 Å². The molecule has 0 radical (unpaired) electrons. The molecular formula is C22H26N3O2+. The predicted octanol–water partition coefficient (Wildman–Crippen LogP) is 1.70. The Morgan fingerprint density at radius 2 is 1.74 bits per heavy atom. The Kier molecular flexibility index (Phi) is 6.04. The minimum absolute atomic E-state index is 0.00625. The molecule has 27 heavy (non-hydrogen) atoms. The molecule has 0 bridgehead atoms. The lowest BCUT2D eigenvalue weighted by Gasteiger charge is -2.23. The van der Waals surface area contributed by atoms with Crippen LogP contribution in [0.25, 0.3) is 5.57 Å². The van der Waals surface area contributed by atoms with E-state index in [-0.39, 0.29) is 11.8 Å². The van der Waals surface area contributed by atoms with Crippen LogP contribution in [0, 0.1) is 0 Å². The van der Waals surface area contributed by atoms with Gasteiger partial charge in [-0.3, -0.25) is 9.59 Å². The van der Waals surface area contributed by atoms with E-state index in [1.54, 1.807) is 38.4 Å². The summed E-state index contributed by atoms with van der Waals surface area (Å²) >= 11 is 0. The van der Waals surface area contributed by atoms with E-state index in [1.165, 1.54) is 20.9 Å². The Bertz CT molecular complexity index is 826. The standard InChI is InChI=1S/C22H25N3O2/c1-24(2)22(27)19-8-10-20(11-9-19)23-21(26)16-25-14-12-18(13-15-25)17-6-4-3-5-7-17/h3-12H,13-16H2,1-2H3,(H,23,26)/p+1. The van der Waals surface area contributed by atoms with Gasteiger partial charge in [0.2, 0.25) is 0 Å². The van der Waals surface area contributed by atoms with E-state index in [2.05, 4.69) is 35.7 Å². The third kappa shape index (κ3) is 5.05. The number of nitrogens with one attached hydrogen (secondary N) is 2. The third-order valence-electron chi connectivity index (χ3n) is 4.76. The Labute approximate surface area is 160 Å². The highest BCUT2D eigenvalue weighted by molar-refractivity contribution is 5.95. The smallest absolute Gasteiger partial charge is 0.279 e. The SMILES string of the molecule is CN(C)C(=O)c1ccc(NC(=O)C[NH+]2CC=C(c3ccccc3)CC2)cc1. The van der Waals surface area contributed by atoms with Gasteiger partial charge in [0.25, 0.3) is 11.8 Å². The molecular weight excluding hydrogens is 338 g/mol. The number of carbonyl (C=O) groups is 2. The van der Waals surface area contributed by atoms with Crippen molar-refractivity contribution in [3.8, 4) is 0 Å². The normalized spacial score (nSPS) is 16.4. The van der Waals surface area contributed by atoms with Crippen molar-refractivity contribution in [2.45, 2.75) is 6.42 Å². The monoisotopic (exact) mass is 364 g/mol. The average Bonchev–Trinajstić information content (AvgIpc) is 2.69. The summed E-state index contributed by atoms with van der Waals surface area (Å²) in [6, 6.07) is 17.4. The number of hydrogen-bond acceptors (Lipinski definition) is 2. The number of benzene rings is 2. The molecule has 2 N–H and O–H groups in total. The maximum Gasteiger partial charge on any atom is 0.279 e. The fraction of sp³-hybridized carbons (Fsp3) is 0.273. The largest absolute Gasteiger partial charge is 0.345 e. The van der Waals surface area contributed by atoms with Gasteiger partial charge in [0.15, 0.2) is 6.54 Å². The van der Waals surface area contributed by atoms with Gasteiger partial charge in [-0.2, -0.15) is 0 Å². The molecule has 0 fully saturated rings. The molecule has 0 spiro atoms. The van der Waals surface area contributed by atoms with Crippen LogP contribution in [0.2, 0.25) is 0 Å². The Morgan fingerprint density at radius 3 is 2.33 bits per heavy atom. The van der Waals surface area contributed by atoms with Gasteiger partial charge in [-0.25, -0.2) is 0 Å². The second kappa shape index (κ2) is 8.64. The average molecular weight is 364 g/mol.